The molecule has 2 heterocycles. The molecule has 2 aromatic rings. The number of hydrogen-bond acceptors (Lipinski definition) is 9. The maximum Gasteiger partial charge on any atom is 0.329 e. The van der Waals surface area contributed by atoms with Crippen molar-refractivity contribution in [3.8, 4) is 0 Å². The zero-order valence-corrected chi connectivity index (χ0v) is 18.8. The Hall–Kier alpha value is -1.82. The normalized spacial score (nSPS) is 22.1. The third-order valence-corrected chi connectivity index (χ3v) is 6.08. The first-order valence-corrected chi connectivity index (χ1v) is 11.0. The molecule has 0 spiro atoms. The average molecular weight is 440 g/mol. The van der Waals surface area contributed by atoms with Gasteiger partial charge in [-0.1, -0.05) is 23.9 Å². The molecule has 1 aliphatic rings. The minimum absolute atomic E-state index is 0.0928. The van der Waals surface area contributed by atoms with E-state index in [4.69, 9.17) is 19.3 Å². The Morgan fingerprint density at radius 1 is 1.30 bits per heavy atom. The molecule has 1 aliphatic carbocycles. The molecule has 1 N–H and O–H groups in total. The Morgan fingerprint density at radius 2 is 2.03 bits per heavy atom. The molecule has 0 radical (unpaired) electrons. The summed E-state index contributed by atoms with van der Waals surface area (Å²) >= 11 is 1.61. The van der Waals surface area contributed by atoms with Crippen molar-refractivity contribution in [2.45, 2.75) is 76.2 Å². The van der Waals surface area contributed by atoms with E-state index in [1.807, 2.05) is 20.8 Å². The summed E-state index contributed by atoms with van der Waals surface area (Å²) in [4.78, 5) is 20.2. The highest BCUT2D eigenvalue weighted by molar-refractivity contribution is 7.99. The summed E-state index contributed by atoms with van der Waals surface area (Å²) in [5.74, 6) is -0.906. The van der Waals surface area contributed by atoms with Gasteiger partial charge in [0.1, 0.15) is 6.61 Å². The smallest absolute Gasteiger partial charge is 0.329 e. The van der Waals surface area contributed by atoms with Crippen LogP contribution in [0, 0.1) is 6.92 Å². The lowest BCUT2D eigenvalue weighted by atomic mass is 10.2. The first-order chi connectivity index (χ1) is 14.2. The summed E-state index contributed by atoms with van der Waals surface area (Å²) < 4.78 is 18.9. The van der Waals surface area contributed by atoms with Crippen molar-refractivity contribution in [3.63, 3.8) is 0 Å². The van der Waals surface area contributed by atoms with Crippen molar-refractivity contribution in [2.24, 2.45) is 0 Å². The van der Waals surface area contributed by atoms with E-state index in [-0.39, 0.29) is 18.8 Å². The van der Waals surface area contributed by atoms with Gasteiger partial charge in [-0.2, -0.15) is 0 Å². The van der Waals surface area contributed by atoms with Gasteiger partial charge < -0.3 is 19.3 Å². The lowest BCUT2D eigenvalue weighted by molar-refractivity contribution is -0.239. The number of methoxy groups -OCH3 is 1. The summed E-state index contributed by atoms with van der Waals surface area (Å²) in [6, 6.07) is -0.0928. The van der Waals surface area contributed by atoms with E-state index in [2.05, 4.69) is 27.2 Å². The predicted molar refractivity (Wildman–Crippen MR) is 110 cm³/mol. The molecule has 0 aliphatic heterocycles. The van der Waals surface area contributed by atoms with Gasteiger partial charge in [0, 0.05) is 12.9 Å². The summed E-state index contributed by atoms with van der Waals surface area (Å²) in [7, 11) is 1.57. The van der Waals surface area contributed by atoms with Crippen molar-refractivity contribution in [1.82, 2.24) is 25.0 Å². The number of aliphatic carboxylic acids is 1. The third-order valence-electron chi connectivity index (χ3n) is 5.03. The minimum Gasteiger partial charge on any atom is -0.480 e. The summed E-state index contributed by atoms with van der Waals surface area (Å²) in [6.45, 7) is 7.25. The molecule has 0 saturated heterocycles. The molecule has 0 amide bonds. The van der Waals surface area contributed by atoms with Crippen LogP contribution in [0.4, 0.5) is 0 Å². The zero-order chi connectivity index (χ0) is 21.9. The second kappa shape index (κ2) is 9.54. The summed E-state index contributed by atoms with van der Waals surface area (Å²) in [6.07, 6.45) is 1.39. The Labute approximate surface area is 179 Å². The van der Waals surface area contributed by atoms with Gasteiger partial charge in [-0.25, -0.2) is 19.4 Å². The fourth-order valence-electron chi connectivity index (χ4n) is 3.47. The average Bonchev–Trinajstić information content (AvgIpc) is 3.28. The molecule has 1 saturated carbocycles. The second-order valence-corrected chi connectivity index (χ2v) is 8.84. The van der Waals surface area contributed by atoms with Crippen LogP contribution in [0.15, 0.2) is 5.16 Å². The largest absolute Gasteiger partial charge is 0.480 e. The number of aromatic nitrogens is 5. The molecular weight excluding hydrogens is 410 g/mol. The highest BCUT2D eigenvalue weighted by Gasteiger charge is 2.41. The number of fused-ring (bicyclic) bond motifs is 1. The molecule has 166 valence electrons. The first-order valence-electron chi connectivity index (χ1n) is 10.0. The van der Waals surface area contributed by atoms with E-state index in [0.717, 1.165) is 17.9 Å². The molecule has 11 heteroatoms. The highest BCUT2D eigenvalue weighted by atomic mass is 32.2. The van der Waals surface area contributed by atoms with Gasteiger partial charge in [0.2, 0.25) is 0 Å². The van der Waals surface area contributed by atoms with Crippen molar-refractivity contribution in [2.75, 3.05) is 19.5 Å². The van der Waals surface area contributed by atoms with E-state index in [1.165, 1.54) is 0 Å². The highest BCUT2D eigenvalue weighted by Crippen LogP contribution is 2.37. The molecule has 30 heavy (non-hydrogen) atoms. The van der Waals surface area contributed by atoms with Crippen LogP contribution in [-0.4, -0.2) is 73.5 Å². The lowest BCUT2D eigenvalue weighted by Gasteiger charge is -2.30. The van der Waals surface area contributed by atoms with E-state index in [9.17, 15) is 4.79 Å². The number of carboxylic acid groups (broad SMARTS) is 1. The van der Waals surface area contributed by atoms with Crippen molar-refractivity contribution >= 4 is 28.9 Å². The number of thioether (sulfide) groups is 1. The lowest BCUT2D eigenvalue weighted by Crippen LogP contribution is -2.37. The Morgan fingerprint density at radius 3 is 2.70 bits per heavy atom. The van der Waals surface area contributed by atoms with E-state index in [0.29, 0.717) is 29.2 Å². The molecule has 0 bridgehead atoms. The topological polar surface area (TPSA) is 121 Å². The van der Waals surface area contributed by atoms with E-state index >= 15 is 0 Å². The SMILES string of the molecule is CCCSc1nc(C)c2nnn(C3CC(OCC(=O)O)C(OC(C)(C)OC)C3)c2n1. The van der Waals surface area contributed by atoms with Crippen LogP contribution in [0.2, 0.25) is 0 Å². The molecular formula is C19H29N5O5S. The van der Waals surface area contributed by atoms with Crippen LogP contribution in [0.3, 0.4) is 0 Å². The van der Waals surface area contributed by atoms with Crippen LogP contribution in [0.5, 0.6) is 0 Å². The number of hydrogen-bond donors (Lipinski definition) is 1. The summed E-state index contributed by atoms with van der Waals surface area (Å²) in [5, 5.41) is 18.3. The molecule has 0 aromatic carbocycles. The van der Waals surface area contributed by atoms with Gasteiger partial charge >= 0.3 is 5.97 Å². The zero-order valence-electron chi connectivity index (χ0n) is 18.0. The maximum atomic E-state index is 11.0. The van der Waals surface area contributed by atoms with Crippen LogP contribution in [0.1, 0.15) is 51.8 Å². The first kappa shape index (κ1) is 22.9. The van der Waals surface area contributed by atoms with E-state index in [1.54, 1.807) is 23.6 Å². The van der Waals surface area contributed by atoms with Gasteiger partial charge in [0.05, 0.1) is 23.9 Å². The monoisotopic (exact) mass is 439 g/mol. The van der Waals surface area contributed by atoms with Crippen molar-refractivity contribution in [3.05, 3.63) is 5.69 Å². The fraction of sp³-hybridized carbons (Fsp3) is 0.737. The van der Waals surface area contributed by atoms with Gasteiger partial charge in [-0.3, -0.25) is 0 Å². The predicted octanol–water partition coefficient (Wildman–Crippen LogP) is 2.60. The maximum absolute atomic E-state index is 11.0. The van der Waals surface area contributed by atoms with Crippen LogP contribution >= 0.6 is 11.8 Å². The molecule has 1 fully saturated rings. The molecule has 3 atom stereocenters. The number of nitrogens with zero attached hydrogens (tertiary/aromatic N) is 5. The number of ether oxygens (including phenoxy) is 3. The number of rotatable bonds is 10. The van der Waals surface area contributed by atoms with Gasteiger partial charge in [-0.05, 0) is 40.0 Å². The number of carbonyl (C=O) groups is 1. The van der Waals surface area contributed by atoms with Gasteiger partial charge in [0.15, 0.2) is 22.1 Å². The van der Waals surface area contributed by atoms with Gasteiger partial charge in [-0.15, -0.1) is 5.10 Å². The molecule has 2 aromatic heterocycles. The summed E-state index contributed by atoms with van der Waals surface area (Å²) in [5.41, 5.74) is 2.13. The Balaban J connectivity index is 1.87. The number of aryl methyl sites for hydroxylation is 1. The second-order valence-electron chi connectivity index (χ2n) is 7.77. The van der Waals surface area contributed by atoms with Crippen LogP contribution in [-0.2, 0) is 19.0 Å². The third kappa shape index (κ3) is 5.26. The quantitative estimate of drug-likeness (QED) is 0.336. The Bertz CT molecular complexity index is 890. The molecule has 3 rings (SSSR count). The standard InChI is InChI=1S/C19H29N5O5S/c1-6-7-30-18-20-11(2)16-17(21-18)24(23-22-16)12-8-13(28-10-15(25)26)14(9-12)29-19(3,4)27-5/h12-14H,6-10H2,1-5H3,(H,25,26). The Kier molecular flexibility index (Phi) is 7.27. The van der Waals surface area contributed by atoms with Crippen LogP contribution in [0.25, 0.3) is 11.2 Å². The molecule has 3 unspecified atom stereocenters. The van der Waals surface area contributed by atoms with Gasteiger partial charge in [0.25, 0.3) is 0 Å². The van der Waals surface area contributed by atoms with Crippen molar-refractivity contribution in [1.29, 1.82) is 0 Å². The number of carboxylic acids is 1. The fourth-order valence-corrected chi connectivity index (χ4v) is 4.21. The van der Waals surface area contributed by atoms with Crippen molar-refractivity contribution < 1.29 is 24.1 Å². The van der Waals surface area contributed by atoms with E-state index < -0.39 is 17.9 Å². The minimum atomic E-state index is -1.02. The molecule has 10 nitrogen and oxygen atoms in total. The van der Waals surface area contributed by atoms with Crippen LogP contribution < -0.4 is 0 Å².